The molecule has 0 fully saturated rings. The second-order valence-electron chi connectivity index (χ2n) is 1.96. The maximum Gasteiger partial charge on any atom is 0.378 e. The molecule has 0 N–H and O–H groups in total. The third-order valence-electron chi connectivity index (χ3n) is 1.22. The molecule has 1 rings (SSSR count). The van der Waals surface area contributed by atoms with Gasteiger partial charge in [0.1, 0.15) is 4.48 Å². The predicted octanol–water partition coefficient (Wildman–Crippen LogP) is 1.84. The number of ether oxygens (including phenoxy) is 1. The van der Waals surface area contributed by atoms with Crippen molar-refractivity contribution in [2.24, 2.45) is 0 Å². The van der Waals surface area contributed by atoms with Gasteiger partial charge in [-0.25, -0.2) is 0 Å². The molecule has 3 nitrogen and oxygen atoms in total. The zero-order chi connectivity index (χ0) is 8.43. The van der Waals surface area contributed by atoms with Crippen LogP contribution >= 0.6 is 15.9 Å². The van der Waals surface area contributed by atoms with E-state index in [2.05, 4.69) is 15.9 Å². The highest BCUT2D eigenvalue weighted by molar-refractivity contribution is 9.11. The third-order valence-corrected chi connectivity index (χ3v) is 1.83. The van der Waals surface area contributed by atoms with E-state index in [1.165, 1.54) is 13.2 Å². The highest BCUT2D eigenvalue weighted by atomic mass is 79.9. The van der Waals surface area contributed by atoms with E-state index in [1.807, 2.05) is 0 Å². The summed E-state index contributed by atoms with van der Waals surface area (Å²) in [6, 6.07) is 0. The Bertz CT molecular complexity index is 249. The summed E-state index contributed by atoms with van der Waals surface area (Å²) in [7, 11) is 1.41. The Kier molecular flexibility index (Phi) is 2.38. The van der Waals surface area contributed by atoms with Gasteiger partial charge < -0.3 is 4.74 Å². The predicted molar refractivity (Wildman–Crippen MR) is 40.6 cm³/mol. The molecule has 1 heterocycles. The molecule has 0 bridgehead atoms. The number of allylic oxidation sites excluding steroid dienone is 1. The number of hydrogen-bond donors (Lipinski definition) is 0. The SMILES string of the molecule is COC1=C[N+](=O)C(F)C(Br)=C1. The maximum atomic E-state index is 12.7. The average Bonchev–Trinajstić information content (AvgIpc) is 1.99. The average molecular weight is 223 g/mol. The molecule has 0 aromatic carbocycles. The molecular weight excluding hydrogens is 217 g/mol. The Morgan fingerprint density at radius 3 is 2.91 bits per heavy atom. The Morgan fingerprint density at radius 1 is 1.82 bits per heavy atom. The van der Waals surface area contributed by atoms with Crippen molar-refractivity contribution in [3.05, 3.63) is 27.4 Å². The summed E-state index contributed by atoms with van der Waals surface area (Å²) in [5.74, 6) is 0.334. The molecular formula is C6H6BrFNO2+. The lowest BCUT2D eigenvalue weighted by atomic mass is 10.3. The van der Waals surface area contributed by atoms with E-state index in [4.69, 9.17) is 4.74 Å². The van der Waals surface area contributed by atoms with Crippen molar-refractivity contribution in [2.45, 2.75) is 6.30 Å². The summed E-state index contributed by atoms with van der Waals surface area (Å²) < 4.78 is 17.8. The van der Waals surface area contributed by atoms with Gasteiger partial charge in [0.15, 0.2) is 5.76 Å². The highest BCUT2D eigenvalue weighted by Gasteiger charge is 2.31. The summed E-state index contributed by atoms with van der Waals surface area (Å²) in [4.78, 5) is 10.7. The summed E-state index contributed by atoms with van der Waals surface area (Å²) in [6.45, 7) is 0. The monoisotopic (exact) mass is 222 g/mol. The largest absolute Gasteiger partial charge is 0.491 e. The van der Waals surface area contributed by atoms with Gasteiger partial charge in [-0.3, -0.25) is 0 Å². The maximum absolute atomic E-state index is 12.7. The molecule has 1 unspecified atom stereocenters. The standard InChI is InChI=1S/C6H6BrFNO2/c1-11-4-2-5(7)6(8)9(10)3-4/h2-3,6H,1H3/q+1. The Labute approximate surface area is 71.2 Å². The van der Waals surface area contributed by atoms with Gasteiger partial charge in [-0.05, 0) is 15.9 Å². The zero-order valence-electron chi connectivity index (χ0n) is 5.75. The minimum absolute atomic E-state index is 0.173. The summed E-state index contributed by atoms with van der Waals surface area (Å²) >= 11 is 2.90. The van der Waals surface area contributed by atoms with Crippen molar-refractivity contribution in [3.8, 4) is 0 Å². The van der Waals surface area contributed by atoms with E-state index in [0.29, 0.717) is 5.76 Å². The minimum atomic E-state index is -1.64. The summed E-state index contributed by atoms with van der Waals surface area (Å²) in [5.41, 5.74) is 0. The molecule has 60 valence electrons. The van der Waals surface area contributed by atoms with Crippen molar-refractivity contribution in [3.63, 3.8) is 0 Å². The van der Waals surface area contributed by atoms with Crippen LogP contribution in [-0.2, 0) is 4.74 Å². The smallest absolute Gasteiger partial charge is 0.378 e. The molecule has 1 aliphatic heterocycles. The first-order valence-electron chi connectivity index (χ1n) is 2.87. The van der Waals surface area contributed by atoms with Gasteiger partial charge in [0.2, 0.25) is 0 Å². The molecule has 11 heavy (non-hydrogen) atoms. The van der Waals surface area contributed by atoms with Crippen molar-refractivity contribution < 1.29 is 13.9 Å². The zero-order valence-corrected chi connectivity index (χ0v) is 7.34. The van der Waals surface area contributed by atoms with Crippen LogP contribution < -0.4 is 0 Å². The first-order valence-corrected chi connectivity index (χ1v) is 3.67. The number of nitroso groups, excluding NO2 is 1. The van der Waals surface area contributed by atoms with E-state index in [1.54, 1.807) is 0 Å². The molecule has 5 heteroatoms. The van der Waals surface area contributed by atoms with Crippen LogP contribution in [0.5, 0.6) is 0 Å². The molecule has 0 aromatic rings. The number of alkyl halides is 1. The van der Waals surface area contributed by atoms with Gasteiger partial charge in [0.05, 0.1) is 11.9 Å². The first-order chi connectivity index (χ1) is 5.15. The second-order valence-corrected chi connectivity index (χ2v) is 2.88. The lowest BCUT2D eigenvalue weighted by molar-refractivity contribution is -0.542. The quantitative estimate of drug-likeness (QED) is 0.501. The van der Waals surface area contributed by atoms with Crippen molar-refractivity contribution >= 4 is 15.9 Å². The number of nitrogens with zero attached hydrogens (tertiary/aromatic N) is 1. The molecule has 0 amide bonds. The van der Waals surface area contributed by atoms with Crippen LogP contribution in [-0.4, -0.2) is 18.2 Å². The van der Waals surface area contributed by atoms with E-state index in [0.717, 1.165) is 6.20 Å². The number of hydrogen-bond acceptors (Lipinski definition) is 2. The molecule has 0 aliphatic carbocycles. The van der Waals surface area contributed by atoms with Gasteiger partial charge >= 0.3 is 6.30 Å². The summed E-state index contributed by atoms with van der Waals surface area (Å²) in [6.07, 6.45) is 0.822. The fraction of sp³-hybridized carbons (Fsp3) is 0.333. The molecule has 0 spiro atoms. The normalized spacial score (nSPS) is 24.3. The first kappa shape index (κ1) is 8.39. The Hall–Kier alpha value is -0.710. The van der Waals surface area contributed by atoms with E-state index in [-0.39, 0.29) is 9.24 Å². The van der Waals surface area contributed by atoms with Crippen LogP contribution in [0.3, 0.4) is 0 Å². The van der Waals surface area contributed by atoms with Crippen LogP contribution in [0.2, 0.25) is 0 Å². The van der Waals surface area contributed by atoms with Crippen LogP contribution in [0, 0.1) is 4.91 Å². The van der Waals surface area contributed by atoms with Crippen LogP contribution in [0.4, 0.5) is 4.39 Å². The van der Waals surface area contributed by atoms with E-state index in [9.17, 15) is 9.30 Å². The number of methoxy groups -OCH3 is 1. The number of rotatable bonds is 1. The molecule has 1 aliphatic rings. The van der Waals surface area contributed by atoms with Gasteiger partial charge in [-0.15, -0.1) is 0 Å². The lowest BCUT2D eigenvalue weighted by Gasteiger charge is -2.04. The molecule has 0 radical (unpaired) electrons. The number of halogens is 2. The second kappa shape index (κ2) is 3.13. The molecule has 1 atom stereocenters. The van der Waals surface area contributed by atoms with Gasteiger partial charge in [-0.1, -0.05) is 0 Å². The van der Waals surface area contributed by atoms with Crippen molar-refractivity contribution in [1.82, 2.24) is 0 Å². The third kappa shape index (κ3) is 1.65. The van der Waals surface area contributed by atoms with Gasteiger partial charge in [0.25, 0.3) is 6.20 Å². The fourth-order valence-corrected chi connectivity index (χ4v) is 1.09. The molecule has 0 aromatic heterocycles. The highest BCUT2D eigenvalue weighted by Crippen LogP contribution is 2.22. The topological polar surface area (TPSA) is 29.3 Å². The fourth-order valence-electron chi connectivity index (χ4n) is 0.666. The van der Waals surface area contributed by atoms with Gasteiger partial charge in [0, 0.05) is 11.0 Å². The minimum Gasteiger partial charge on any atom is -0.491 e. The lowest BCUT2D eigenvalue weighted by Crippen LogP contribution is -2.18. The summed E-state index contributed by atoms with van der Waals surface area (Å²) in [5, 5.41) is 0. The van der Waals surface area contributed by atoms with Gasteiger partial charge in [-0.2, -0.15) is 4.39 Å². The van der Waals surface area contributed by atoms with Crippen LogP contribution in [0.25, 0.3) is 0 Å². The Balaban J connectivity index is 2.91. The van der Waals surface area contributed by atoms with E-state index >= 15 is 0 Å². The van der Waals surface area contributed by atoms with E-state index < -0.39 is 6.30 Å². The molecule has 0 saturated carbocycles. The Morgan fingerprint density at radius 2 is 2.45 bits per heavy atom. The van der Waals surface area contributed by atoms with Crippen molar-refractivity contribution in [2.75, 3.05) is 7.11 Å². The van der Waals surface area contributed by atoms with Crippen molar-refractivity contribution in [1.29, 1.82) is 0 Å². The molecule has 0 saturated heterocycles. The van der Waals surface area contributed by atoms with Crippen LogP contribution in [0.15, 0.2) is 22.5 Å². The van der Waals surface area contributed by atoms with Crippen LogP contribution in [0.1, 0.15) is 0 Å².